The van der Waals surface area contributed by atoms with Crippen molar-refractivity contribution < 1.29 is 9.90 Å². The van der Waals surface area contributed by atoms with Gasteiger partial charge in [0, 0.05) is 11.1 Å². The number of hydrogen-bond donors (Lipinski definition) is 1. The number of hydrogen-bond acceptors (Lipinski definition) is 2. The smallest absolute Gasteiger partial charge is 0.336 e. The lowest BCUT2D eigenvalue weighted by molar-refractivity contribution is 0.0699. The van der Waals surface area contributed by atoms with Crippen LogP contribution in [0.25, 0.3) is 10.9 Å². The zero-order valence-electron chi connectivity index (χ0n) is 8.29. The molecule has 1 aromatic carbocycles. The Bertz CT molecular complexity index is 596. The molecule has 0 bridgehead atoms. The van der Waals surface area contributed by atoms with Crippen molar-refractivity contribution in [3.05, 3.63) is 39.5 Å². The molecule has 0 fully saturated rings. The molecular formula is C11H7Cl2NO2. The van der Waals surface area contributed by atoms with Crippen LogP contribution in [0.15, 0.2) is 18.2 Å². The summed E-state index contributed by atoms with van der Waals surface area (Å²) in [5.74, 6) is -1.04. The molecule has 0 aliphatic heterocycles. The van der Waals surface area contributed by atoms with Gasteiger partial charge in [-0.25, -0.2) is 4.79 Å². The molecule has 0 amide bonds. The summed E-state index contributed by atoms with van der Waals surface area (Å²) < 4.78 is 0. The number of carboxylic acid groups (broad SMARTS) is 1. The van der Waals surface area contributed by atoms with Crippen LogP contribution in [0.3, 0.4) is 0 Å². The number of halogens is 2. The van der Waals surface area contributed by atoms with E-state index in [0.717, 1.165) is 0 Å². The maximum absolute atomic E-state index is 11.1. The number of fused-ring (bicyclic) bond motifs is 1. The van der Waals surface area contributed by atoms with Crippen molar-refractivity contribution >= 4 is 40.1 Å². The molecular weight excluding hydrogens is 249 g/mol. The Morgan fingerprint density at radius 1 is 1.31 bits per heavy atom. The molecule has 5 heteroatoms. The van der Waals surface area contributed by atoms with Crippen molar-refractivity contribution in [2.75, 3.05) is 0 Å². The second-order valence-corrected chi connectivity index (χ2v) is 4.18. The highest BCUT2D eigenvalue weighted by atomic mass is 35.5. The van der Waals surface area contributed by atoms with E-state index < -0.39 is 5.97 Å². The quantitative estimate of drug-likeness (QED) is 0.848. The van der Waals surface area contributed by atoms with E-state index in [1.807, 2.05) is 0 Å². The summed E-state index contributed by atoms with van der Waals surface area (Å²) in [5, 5.41) is 10.2. The van der Waals surface area contributed by atoms with Gasteiger partial charge in [-0.3, -0.25) is 4.98 Å². The molecule has 0 unspecified atom stereocenters. The zero-order valence-corrected chi connectivity index (χ0v) is 9.80. The second kappa shape index (κ2) is 3.92. The molecule has 1 heterocycles. The maximum atomic E-state index is 11.1. The van der Waals surface area contributed by atoms with Crippen LogP contribution in [0.1, 0.15) is 16.1 Å². The number of nitrogens with zero attached hydrogens (tertiary/aromatic N) is 1. The Kier molecular flexibility index (Phi) is 2.74. The number of aryl methyl sites for hydroxylation is 1. The van der Waals surface area contributed by atoms with Crippen LogP contribution in [-0.2, 0) is 0 Å². The van der Waals surface area contributed by atoms with Gasteiger partial charge in [0.05, 0.1) is 21.1 Å². The van der Waals surface area contributed by atoms with Gasteiger partial charge in [0.1, 0.15) is 0 Å². The van der Waals surface area contributed by atoms with Crippen LogP contribution >= 0.6 is 23.2 Å². The van der Waals surface area contributed by atoms with Crippen LogP contribution in [-0.4, -0.2) is 16.1 Å². The minimum atomic E-state index is -1.04. The summed E-state index contributed by atoms with van der Waals surface area (Å²) in [5.41, 5.74) is 1.13. The number of aromatic carboxylic acids is 1. The molecule has 0 spiro atoms. The normalized spacial score (nSPS) is 10.7. The van der Waals surface area contributed by atoms with Crippen LogP contribution < -0.4 is 0 Å². The Balaban J connectivity index is 3.00. The highest BCUT2D eigenvalue weighted by Crippen LogP contribution is 2.31. The average Bonchev–Trinajstić information content (AvgIpc) is 2.22. The third-order valence-corrected chi connectivity index (χ3v) is 2.84. The van der Waals surface area contributed by atoms with Crippen LogP contribution in [0.4, 0.5) is 0 Å². The minimum absolute atomic E-state index is 0.120. The van der Waals surface area contributed by atoms with E-state index in [9.17, 15) is 4.79 Å². The molecule has 16 heavy (non-hydrogen) atoms. The van der Waals surface area contributed by atoms with Crippen molar-refractivity contribution in [2.45, 2.75) is 6.92 Å². The molecule has 0 saturated carbocycles. The fourth-order valence-electron chi connectivity index (χ4n) is 1.56. The van der Waals surface area contributed by atoms with Gasteiger partial charge in [-0.1, -0.05) is 23.2 Å². The van der Waals surface area contributed by atoms with E-state index in [-0.39, 0.29) is 5.56 Å². The molecule has 1 aromatic heterocycles. The second-order valence-electron chi connectivity index (χ2n) is 3.37. The average molecular weight is 256 g/mol. The minimum Gasteiger partial charge on any atom is -0.478 e. The Labute approximate surface area is 102 Å². The molecule has 82 valence electrons. The van der Waals surface area contributed by atoms with E-state index in [2.05, 4.69) is 4.98 Å². The highest BCUT2D eigenvalue weighted by Gasteiger charge is 2.15. The fourth-order valence-corrected chi connectivity index (χ4v) is 2.02. The third-order valence-electron chi connectivity index (χ3n) is 2.22. The van der Waals surface area contributed by atoms with Gasteiger partial charge in [-0.15, -0.1) is 0 Å². The Morgan fingerprint density at radius 3 is 2.56 bits per heavy atom. The lowest BCUT2D eigenvalue weighted by Crippen LogP contribution is -2.01. The Morgan fingerprint density at radius 2 is 1.94 bits per heavy atom. The highest BCUT2D eigenvalue weighted by molar-refractivity contribution is 6.40. The monoisotopic (exact) mass is 255 g/mol. The van der Waals surface area contributed by atoms with Crippen molar-refractivity contribution in [3.63, 3.8) is 0 Å². The zero-order chi connectivity index (χ0) is 11.9. The van der Waals surface area contributed by atoms with Gasteiger partial charge in [-0.05, 0) is 25.1 Å². The first kappa shape index (κ1) is 11.2. The molecule has 0 aliphatic carbocycles. The summed E-state index contributed by atoms with van der Waals surface area (Å²) in [6.45, 7) is 1.71. The molecule has 2 rings (SSSR count). The van der Waals surface area contributed by atoms with Gasteiger partial charge < -0.3 is 5.11 Å². The van der Waals surface area contributed by atoms with Gasteiger partial charge in [0.15, 0.2) is 0 Å². The number of carbonyl (C=O) groups is 1. The number of carboxylic acids is 1. The number of benzene rings is 1. The van der Waals surface area contributed by atoms with E-state index in [0.29, 0.717) is 26.6 Å². The van der Waals surface area contributed by atoms with Crippen molar-refractivity contribution in [3.8, 4) is 0 Å². The molecule has 0 saturated heterocycles. The largest absolute Gasteiger partial charge is 0.478 e. The van der Waals surface area contributed by atoms with Crippen molar-refractivity contribution in [2.24, 2.45) is 0 Å². The number of pyridine rings is 1. The van der Waals surface area contributed by atoms with E-state index >= 15 is 0 Å². The first-order valence-electron chi connectivity index (χ1n) is 4.49. The molecule has 0 aliphatic rings. The van der Waals surface area contributed by atoms with E-state index in [1.165, 1.54) is 6.07 Å². The lowest BCUT2D eigenvalue weighted by Gasteiger charge is -2.07. The predicted molar refractivity (Wildman–Crippen MR) is 63.5 cm³/mol. The summed E-state index contributed by atoms with van der Waals surface area (Å²) in [6.07, 6.45) is 0. The van der Waals surface area contributed by atoms with Gasteiger partial charge in [0.25, 0.3) is 0 Å². The van der Waals surface area contributed by atoms with E-state index in [4.69, 9.17) is 28.3 Å². The molecule has 2 aromatic rings. The van der Waals surface area contributed by atoms with Gasteiger partial charge in [-0.2, -0.15) is 0 Å². The predicted octanol–water partition coefficient (Wildman–Crippen LogP) is 3.55. The molecule has 0 radical (unpaired) electrons. The SMILES string of the molecule is Cc1cc(C(=O)O)c2c(Cl)ccc(Cl)c2n1. The molecule has 3 nitrogen and oxygen atoms in total. The first-order valence-corrected chi connectivity index (χ1v) is 5.25. The van der Waals surface area contributed by atoms with E-state index in [1.54, 1.807) is 19.1 Å². The van der Waals surface area contributed by atoms with Gasteiger partial charge >= 0.3 is 5.97 Å². The van der Waals surface area contributed by atoms with Crippen LogP contribution in [0, 0.1) is 6.92 Å². The van der Waals surface area contributed by atoms with Crippen LogP contribution in [0.5, 0.6) is 0 Å². The maximum Gasteiger partial charge on any atom is 0.336 e. The lowest BCUT2D eigenvalue weighted by atomic mass is 10.1. The third kappa shape index (κ3) is 1.72. The summed E-state index contributed by atoms with van der Waals surface area (Å²) >= 11 is 11.9. The van der Waals surface area contributed by atoms with Gasteiger partial charge in [0.2, 0.25) is 0 Å². The fraction of sp³-hybridized carbons (Fsp3) is 0.0909. The summed E-state index contributed by atoms with van der Waals surface area (Å²) in [7, 11) is 0. The topological polar surface area (TPSA) is 50.2 Å². The van der Waals surface area contributed by atoms with Crippen molar-refractivity contribution in [1.82, 2.24) is 4.98 Å². The van der Waals surface area contributed by atoms with Crippen LogP contribution in [0.2, 0.25) is 10.0 Å². The molecule has 1 N–H and O–H groups in total. The standard InChI is InChI=1S/C11H7Cl2NO2/c1-5-4-6(11(15)16)9-7(12)2-3-8(13)10(9)14-5/h2-4H,1H3,(H,15,16). The summed E-state index contributed by atoms with van der Waals surface area (Å²) in [4.78, 5) is 15.3. The summed E-state index contributed by atoms with van der Waals surface area (Å²) in [6, 6.07) is 4.65. The molecule has 0 atom stereocenters. The number of aromatic nitrogens is 1. The number of rotatable bonds is 1. The Hall–Kier alpha value is -1.32. The first-order chi connectivity index (χ1) is 7.50. The van der Waals surface area contributed by atoms with Crippen molar-refractivity contribution in [1.29, 1.82) is 0 Å².